The highest BCUT2D eigenvalue weighted by Crippen LogP contribution is 2.17. The summed E-state index contributed by atoms with van der Waals surface area (Å²) in [5.74, 6) is 0. The summed E-state index contributed by atoms with van der Waals surface area (Å²) in [7, 11) is 2.09. The van der Waals surface area contributed by atoms with E-state index < -0.39 is 0 Å². The molecule has 0 saturated heterocycles. The molecule has 3 aromatic rings. The average molecular weight is 286 g/mol. The molecule has 2 nitrogen and oxygen atoms in total. The van der Waals surface area contributed by atoms with Crippen molar-refractivity contribution in [2.75, 3.05) is 7.05 Å². The van der Waals surface area contributed by atoms with E-state index in [2.05, 4.69) is 60.5 Å². The molecule has 0 atom stereocenters. The third-order valence-corrected chi connectivity index (χ3v) is 3.84. The van der Waals surface area contributed by atoms with Crippen molar-refractivity contribution in [3.8, 4) is 6.07 Å². The molecule has 108 valence electrons. The van der Waals surface area contributed by atoms with Crippen LogP contribution in [0.25, 0.3) is 10.8 Å². The molecule has 0 aliphatic carbocycles. The fourth-order valence-corrected chi connectivity index (χ4v) is 2.76. The zero-order chi connectivity index (χ0) is 15.4. The van der Waals surface area contributed by atoms with Crippen LogP contribution in [0, 0.1) is 11.3 Å². The molecule has 0 fully saturated rings. The molecule has 0 amide bonds. The van der Waals surface area contributed by atoms with Gasteiger partial charge in [-0.05, 0) is 41.1 Å². The molecule has 0 saturated carbocycles. The first-order chi connectivity index (χ1) is 10.8. The number of hydrogen-bond acceptors (Lipinski definition) is 2. The van der Waals surface area contributed by atoms with E-state index in [-0.39, 0.29) is 0 Å². The van der Waals surface area contributed by atoms with Crippen LogP contribution in [0.1, 0.15) is 16.7 Å². The number of benzene rings is 3. The number of fused-ring (bicyclic) bond motifs is 1. The molecular formula is C20H18N2. The highest BCUT2D eigenvalue weighted by molar-refractivity contribution is 5.82. The Bertz CT molecular complexity index is 830. The highest BCUT2D eigenvalue weighted by Gasteiger charge is 2.06. The summed E-state index contributed by atoms with van der Waals surface area (Å²) >= 11 is 0. The number of nitriles is 1. The zero-order valence-electron chi connectivity index (χ0n) is 12.7. The molecule has 0 aliphatic heterocycles. The quantitative estimate of drug-likeness (QED) is 0.713. The van der Waals surface area contributed by atoms with Crippen LogP contribution in [0.3, 0.4) is 0 Å². The maximum absolute atomic E-state index is 9.17. The molecule has 0 N–H and O–H groups in total. The summed E-state index contributed by atoms with van der Waals surface area (Å²) in [4.78, 5) is 2.24. The summed E-state index contributed by atoms with van der Waals surface area (Å²) in [6.07, 6.45) is 0. The van der Waals surface area contributed by atoms with Gasteiger partial charge in [-0.2, -0.15) is 5.26 Å². The predicted octanol–water partition coefficient (Wildman–Crippen LogP) is 4.34. The first-order valence-electron chi connectivity index (χ1n) is 7.40. The number of hydrogen-bond donors (Lipinski definition) is 0. The monoisotopic (exact) mass is 286 g/mol. The molecule has 0 spiro atoms. The van der Waals surface area contributed by atoms with Gasteiger partial charge in [-0.15, -0.1) is 0 Å². The van der Waals surface area contributed by atoms with Crippen molar-refractivity contribution in [3.05, 3.63) is 83.4 Å². The van der Waals surface area contributed by atoms with Crippen LogP contribution in [-0.4, -0.2) is 11.9 Å². The van der Waals surface area contributed by atoms with Gasteiger partial charge in [0.05, 0.1) is 11.6 Å². The second-order valence-corrected chi connectivity index (χ2v) is 5.62. The Balaban J connectivity index is 1.75. The van der Waals surface area contributed by atoms with Crippen LogP contribution in [0.5, 0.6) is 0 Å². The van der Waals surface area contributed by atoms with Crippen molar-refractivity contribution in [2.24, 2.45) is 0 Å². The summed E-state index contributed by atoms with van der Waals surface area (Å²) in [6.45, 7) is 1.64. The molecule has 22 heavy (non-hydrogen) atoms. The molecule has 0 aromatic heterocycles. The molecule has 0 heterocycles. The van der Waals surface area contributed by atoms with E-state index in [1.54, 1.807) is 0 Å². The molecule has 3 rings (SSSR count). The minimum atomic E-state index is 0.757. The first-order valence-corrected chi connectivity index (χ1v) is 7.40. The van der Waals surface area contributed by atoms with Gasteiger partial charge in [0.25, 0.3) is 0 Å². The summed E-state index contributed by atoms with van der Waals surface area (Å²) in [5, 5.41) is 11.7. The van der Waals surface area contributed by atoms with Crippen LogP contribution in [-0.2, 0) is 13.1 Å². The summed E-state index contributed by atoms with van der Waals surface area (Å²) in [5.41, 5.74) is 3.12. The lowest BCUT2D eigenvalue weighted by molar-refractivity contribution is 0.319. The maximum atomic E-state index is 9.17. The van der Waals surface area contributed by atoms with Gasteiger partial charge in [0.15, 0.2) is 0 Å². The lowest BCUT2D eigenvalue weighted by Gasteiger charge is -2.18. The number of nitrogens with zero attached hydrogens (tertiary/aromatic N) is 2. The summed E-state index contributed by atoms with van der Waals surface area (Å²) in [6, 6.07) is 25.0. The van der Waals surface area contributed by atoms with Crippen molar-refractivity contribution in [1.29, 1.82) is 5.26 Å². The van der Waals surface area contributed by atoms with Crippen molar-refractivity contribution in [1.82, 2.24) is 4.90 Å². The Morgan fingerprint density at radius 1 is 0.864 bits per heavy atom. The third kappa shape index (κ3) is 3.16. The second kappa shape index (κ2) is 6.43. The van der Waals surface area contributed by atoms with Crippen LogP contribution >= 0.6 is 0 Å². The van der Waals surface area contributed by atoms with Gasteiger partial charge in [-0.25, -0.2) is 0 Å². The van der Waals surface area contributed by atoms with Crippen molar-refractivity contribution in [3.63, 3.8) is 0 Å². The average Bonchev–Trinajstić information content (AvgIpc) is 2.55. The van der Waals surface area contributed by atoms with Crippen LogP contribution in [0.4, 0.5) is 0 Å². The van der Waals surface area contributed by atoms with Crippen molar-refractivity contribution in [2.45, 2.75) is 13.1 Å². The molecule has 2 heteroatoms. The van der Waals surface area contributed by atoms with Gasteiger partial charge in [-0.3, -0.25) is 4.90 Å². The van der Waals surface area contributed by atoms with Crippen LogP contribution in [0.2, 0.25) is 0 Å². The van der Waals surface area contributed by atoms with E-state index in [0.717, 1.165) is 24.2 Å². The fourth-order valence-electron chi connectivity index (χ4n) is 2.76. The van der Waals surface area contributed by atoms with Crippen molar-refractivity contribution >= 4 is 10.8 Å². The standard InChI is InChI=1S/C20H18N2/c1-22(15-20-9-5-4-8-19(20)13-21)14-16-10-11-17-6-2-3-7-18(17)12-16/h2-12H,14-15H2,1H3. The summed E-state index contributed by atoms with van der Waals surface area (Å²) < 4.78 is 0. The first kappa shape index (κ1) is 14.3. The SMILES string of the molecule is CN(Cc1ccc2ccccc2c1)Cc1ccccc1C#N. The predicted molar refractivity (Wildman–Crippen MR) is 90.3 cm³/mol. The van der Waals surface area contributed by atoms with Gasteiger partial charge in [0, 0.05) is 13.1 Å². The Labute approximate surface area is 131 Å². The van der Waals surface area contributed by atoms with Crippen molar-refractivity contribution < 1.29 is 0 Å². The fraction of sp³-hybridized carbons (Fsp3) is 0.150. The minimum absolute atomic E-state index is 0.757. The molecule has 0 bridgehead atoms. The Morgan fingerprint density at radius 2 is 1.59 bits per heavy atom. The Hall–Kier alpha value is -2.63. The topological polar surface area (TPSA) is 27.0 Å². The molecule has 0 unspecified atom stereocenters. The molecule has 0 aliphatic rings. The maximum Gasteiger partial charge on any atom is 0.0995 e. The van der Waals surface area contributed by atoms with Crippen LogP contribution < -0.4 is 0 Å². The van der Waals surface area contributed by atoms with E-state index in [1.807, 2.05) is 24.3 Å². The van der Waals surface area contributed by atoms with E-state index in [4.69, 9.17) is 0 Å². The van der Waals surface area contributed by atoms with Gasteiger partial charge in [0.2, 0.25) is 0 Å². The van der Waals surface area contributed by atoms with E-state index in [1.165, 1.54) is 16.3 Å². The van der Waals surface area contributed by atoms with E-state index in [9.17, 15) is 5.26 Å². The molecule has 0 radical (unpaired) electrons. The lowest BCUT2D eigenvalue weighted by Crippen LogP contribution is -2.17. The lowest BCUT2D eigenvalue weighted by atomic mass is 10.1. The normalized spacial score (nSPS) is 10.8. The minimum Gasteiger partial charge on any atom is -0.298 e. The van der Waals surface area contributed by atoms with Gasteiger partial charge >= 0.3 is 0 Å². The third-order valence-electron chi connectivity index (χ3n) is 3.84. The van der Waals surface area contributed by atoms with E-state index in [0.29, 0.717) is 0 Å². The zero-order valence-corrected chi connectivity index (χ0v) is 12.7. The Kier molecular flexibility index (Phi) is 4.18. The van der Waals surface area contributed by atoms with E-state index >= 15 is 0 Å². The highest BCUT2D eigenvalue weighted by atomic mass is 15.1. The molecular weight excluding hydrogens is 268 g/mol. The van der Waals surface area contributed by atoms with Gasteiger partial charge < -0.3 is 0 Å². The largest absolute Gasteiger partial charge is 0.298 e. The number of rotatable bonds is 4. The van der Waals surface area contributed by atoms with Gasteiger partial charge in [0.1, 0.15) is 0 Å². The van der Waals surface area contributed by atoms with Gasteiger partial charge in [-0.1, -0.05) is 54.6 Å². The smallest absolute Gasteiger partial charge is 0.0995 e. The molecule has 3 aromatic carbocycles. The van der Waals surface area contributed by atoms with Crippen LogP contribution in [0.15, 0.2) is 66.7 Å². The second-order valence-electron chi connectivity index (χ2n) is 5.62. The Morgan fingerprint density at radius 3 is 2.41 bits per heavy atom.